The largest absolute Gasteiger partial charge is 0.497 e. The number of rotatable bonds is 8. The van der Waals surface area contributed by atoms with Gasteiger partial charge in [0.15, 0.2) is 0 Å². The van der Waals surface area contributed by atoms with E-state index in [4.69, 9.17) is 14.2 Å². The molecule has 0 saturated heterocycles. The van der Waals surface area contributed by atoms with E-state index in [-0.39, 0.29) is 24.3 Å². The van der Waals surface area contributed by atoms with Crippen LogP contribution in [0.1, 0.15) is 50.5 Å². The van der Waals surface area contributed by atoms with Crippen molar-refractivity contribution < 1.29 is 23.8 Å². The highest BCUT2D eigenvalue weighted by atomic mass is 16.5. The summed E-state index contributed by atoms with van der Waals surface area (Å²) in [5.41, 5.74) is 0.768. The highest BCUT2D eigenvalue weighted by Crippen LogP contribution is 2.26. The van der Waals surface area contributed by atoms with E-state index < -0.39 is 0 Å². The molecule has 1 aliphatic rings. The van der Waals surface area contributed by atoms with Gasteiger partial charge in [-0.05, 0) is 37.1 Å². The molecule has 0 unspecified atom stereocenters. The van der Waals surface area contributed by atoms with Gasteiger partial charge < -0.3 is 19.1 Å². The lowest BCUT2D eigenvalue weighted by Gasteiger charge is -2.30. The fourth-order valence-corrected chi connectivity index (χ4v) is 3.58. The number of methoxy groups -OCH3 is 3. The van der Waals surface area contributed by atoms with Crippen molar-refractivity contribution in [1.82, 2.24) is 4.90 Å². The number of carbonyl (C=O) groups excluding carboxylic acids is 2. The Balaban J connectivity index is 2.18. The summed E-state index contributed by atoms with van der Waals surface area (Å²) in [6, 6.07) is 5.61. The summed E-state index contributed by atoms with van der Waals surface area (Å²) < 4.78 is 15.4. The quantitative estimate of drug-likeness (QED) is 0.384. The van der Waals surface area contributed by atoms with Crippen LogP contribution in [0.3, 0.4) is 0 Å². The zero-order valence-corrected chi connectivity index (χ0v) is 17.1. The minimum absolute atomic E-state index is 0.0966. The summed E-state index contributed by atoms with van der Waals surface area (Å²) in [6.45, 7) is 0.371. The first-order valence-corrected chi connectivity index (χ1v) is 9.86. The van der Waals surface area contributed by atoms with E-state index in [9.17, 15) is 9.59 Å². The van der Waals surface area contributed by atoms with Crippen LogP contribution in [0.2, 0.25) is 0 Å². The molecule has 0 N–H and O–H groups in total. The topological polar surface area (TPSA) is 65.1 Å². The smallest absolute Gasteiger partial charge is 0.307 e. The third kappa shape index (κ3) is 6.29. The normalized spacial score (nSPS) is 15.1. The van der Waals surface area contributed by atoms with E-state index in [0.29, 0.717) is 18.0 Å². The van der Waals surface area contributed by atoms with Crippen molar-refractivity contribution in [1.29, 1.82) is 0 Å². The fourth-order valence-electron chi connectivity index (χ4n) is 3.58. The third-order valence-corrected chi connectivity index (χ3v) is 5.18. The Kier molecular flexibility index (Phi) is 8.85. The summed E-state index contributed by atoms with van der Waals surface area (Å²) in [6.07, 6.45) is 10.1. The molecule has 1 aromatic rings. The molecule has 6 heteroatoms. The van der Waals surface area contributed by atoms with Gasteiger partial charge in [0.05, 0.1) is 27.8 Å². The highest BCUT2D eigenvalue weighted by molar-refractivity contribution is 5.92. The van der Waals surface area contributed by atoms with Crippen molar-refractivity contribution in [3.05, 3.63) is 29.8 Å². The van der Waals surface area contributed by atoms with Crippen molar-refractivity contribution in [2.24, 2.45) is 0 Å². The summed E-state index contributed by atoms with van der Waals surface area (Å²) in [5, 5.41) is 0. The maximum Gasteiger partial charge on any atom is 0.307 e. The number of carbonyl (C=O) groups is 2. The van der Waals surface area contributed by atoms with Crippen LogP contribution in [0.4, 0.5) is 0 Å². The molecule has 1 fully saturated rings. The molecule has 1 aliphatic carbocycles. The monoisotopic (exact) mass is 389 g/mol. The second kappa shape index (κ2) is 11.4. The van der Waals surface area contributed by atoms with Crippen molar-refractivity contribution >= 4 is 18.0 Å². The summed E-state index contributed by atoms with van der Waals surface area (Å²) in [5.74, 6) is 0.963. The Bertz CT molecular complexity index is 678. The maximum absolute atomic E-state index is 13.0. The summed E-state index contributed by atoms with van der Waals surface area (Å²) in [7, 11) is 4.56. The Morgan fingerprint density at radius 2 is 1.79 bits per heavy atom. The van der Waals surface area contributed by atoms with E-state index in [1.807, 2.05) is 23.1 Å². The number of esters is 1. The van der Waals surface area contributed by atoms with Crippen LogP contribution in [-0.2, 0) is 14.3 Å². The Morgan fingerprint density at radius 1 is 1.07 bits per heavy atom. The van der Waals surface area contributed by atoms with Crippen LogP contribution in [0.25, 0.3) is 6.08 Å². The predicted molar refractivity (Wildman–Crippen MR) is 108 cm³/mol. The molecule has 0 aromatic heterocycles. The number of ether oxygens (including phenoxy) is 3. The molecule has 2 rings (SSSR count). The minimum Gasteiger partial charge on any atom is -0.497 e. The average molecular weight is 389 g/mol. The van der Waals surface area contributed by atoms with Gasteiger partial charge in [0.1, 0.15) is 11.5 Å². The summed E-state index contributed by atoms with van der Waals surface area (Å²) >= 11 is 0. The molecule has 28 heavy (non-hydrogen) atoms. The van der Waals surface area contributed by atoms with Crippen LogP contribution in [0.5, 0.6) is 11.5 Å². The Morgan fingerprint density at radius 3 is 2.39 bits per heavy atom. The van der Waals surface area contributed by atoms with Crippen LogP contribution in [-0.4, -0.2) is 50.7 Å². The molecule has 1 aromatic carbocycles. The van der Waals surface area contributed by atoms with E-state index in [1.54, 1.807) is 26.4 Å². The standard InChI is InChI=1S/C22H31NO5/c1-26-19-11-12-20(27-2)17(16-19)10-13-21(24)23(15-14-22(25)28-3)18-8-6-4-5-7-9-18/h10-13,16,18H,4-9,14-15H2,1-3H3/b13-10+. The van der Waals surface area contributed by atoms with Crippen LogP contribution in [0.15, 0.2) is 24.3 Å². The first-order valence-electron chi connectivity index (χ1n) is 9.86. The molecule has 1 amide bonds. The third-order valence-electron chi connectivity index (χ3n) is 5.18. The lowest BCUT2D eigenvalue weighted by atomic mass is 10.1. The van der Waals surface area contributed by atoms with Gasteiger partial charge in [-0.2, -0.15) is 0 Å². The van der Waals surface area contributed by atoms with E-state index >= 15 is 0 Å². The van der Waals surface area contributed by atoms with Crippen molar-refractivity contribution in [2.45, 2.75) is 51.0 Å². The van der Waals surface area contributed by atoms with Crippen molar-refractivity contribution in [3.63, 3.8) is 0 Å². The molecule has 1 saturated carbocycles. The second-order valence-electron chi connectivity index (χ2n) is 6.94. The van der Waals surface area contributed by atoms with Crippen LogP contribution >= 0.6 is 0 Å². The Labute approximate surface area is 167 Å². The van der Waals surface area contributed by atoms with Crippen LogP contribution in [0, 0.1) is 0 Å². The first kappa shape index (κ1) is 21.8. The lowest BCUT2D eigenvalue weighted by Crippen LogP contribution is -2.40. The molecule has 0 heterocycles. The molecular formula is C22H31NO5. The zero-order chi connectivity index (χ0) is 20.4. The number of benzene rings is 1. The number of hydrogen-bond donors (Lipinski definition) is 0. The van der Waals surface area contributed by atoms with Gasteiger partial charge in [-0.1, -0.05) is 25.7 Å². The molecule has 6 nitrogen and oxygen atoms in total. The van der Waals surface area contributed by atoms with Gasteiger partial charge in [0.2, 0.25) is 5.91 Å². The number of nitrogens with zero attached hydrogens (tertiary/aromatic N) is 1. The van der Waals surface area contributed by atoms with E-state index in [1.165, 1.54) is 20.0 Å². The van der Waals surface area contributed by atoms with Crippen molar-refractivity contribution in [2.75, 3.05) is 27.9 Å². The van der Waals surface area contributed by atoms with Gasteiger partial charge in [-0.15, -0.1) is 0 Å². The molecule has 0 radical (unpaired) electrons. The average Bonchev–Trinajstić information content (AvgIpc) is 3.01. The van der Waals surface area contributed by atoms with Crippen LogP contribution < -0.4 is 9.47 Å². The minimum atomic E-state index is -0.301. The molecule has 0 atom stereocenters. The van der Waals surface area contributed by atoms with Gasteiger partial charge >= 0.3 is 5.97 Å². The van der Waals surface area contributed by atoms with Gasteiger partial charge in [-0.25, -0.2) is 0 Å². The predicted octanol–water partition coefficient (Wildman–Crippen LogP) is 3.83. The highest BCUT2D eigenvalue weighted by Gasteiger charge is 2.24. The SMILES string of the molecule is COC(=O)CCN(C(=O)/C=C/c1cc(OC)ccc1OC)C1CCCCCC1. The zero-order valence-electron chi connectivity index (χ0n) is 17.1. The Hall–Kier alpha value is -2.50. The molecule has 154 valence electrons. The summed E-state index contributed by atoms with van der Waals surface area (Å²) in [4.78, 5) is 26.4. The molecule has 0 spiro atoms. The van der Waals surface area contributed by atoms with E-state index in [2.05, 4.69) is 0 Å². The fraction of sp³-hybridized carbons (Fsp3) is 0.545. The van der Waals surface area contributed by atoms with E-state index in [0.717, 1.165) is 31.2 Å². The molecule has 0 aliphatic heterocycles. The molecular weight excluding hydrogens is 358 g/mol. The second-order valence-corrected chi connectivity index (χ2v) is 6.94. The van der Waals surface area contributed by atoms with Gasteiger partial charge in [0.25, 0.3) is 0 Å². The molecule has 0 bridgehead atoms. The number of hydrogen-bond acceptors (Lipinski definition) is 5. The lowest BCUT2D eigenvalue weighted by molar-refractivity contribution is -0.141. The van der Waals surface area contributed by atoms with Crippen molar-refractivity contribution in [3.8, 4) is 11.5 Å². The maximum atomic E-state index is 13.0. The van der Waals surface area contributed by atoms with Gasteiger partial charge in [-0.3, -0.25) is 9.59 Å². The first-order chi connectivity index (χ1) is 13.6. The number of amides is 1. The van der Waals surface area contributed by atoms with Gasteiger partial charge in [0, 0.05) is 24.2 Å².